The molecule has 0 aliphatic carbocycles. The maximum Gasteiger partial charge on any atom is 0.146 e. The third-order valence-electron chi connectivity index (χ3n) is 3.68. The summed E-state index contributed by atoms with van der Waals surface area (Å²) >= 11 is 9.63. The van der Waals surface area contributed by atoms with Gasteiger partial charge >= 0.3 is 0 Å². The number of furan rings is 1. The van der Waals surface area contributed by atoms with E-state index >= 15 is 0 Å². The predicted molar refractivity (Wildman–Crippen MR) is 88.8 cm³/mol. The van der Waals surface area contributed by atoms with Gasteiger partial charge in [-0.15, -0.1) is 0 Å². The van der Waals surface area contributed by atoms with Crippen LogP contribution in [0.3, 0.4) is 0 Å². The second kappa shape index (κ2) is 5.16. The van der Waals surface area contributed by atoms with Crippen LogP contribution in [-0.4, -0.2) is 5.11 Å². The zero-order valence-corrected chi connectivity index (χ0v) is 14.0. The summed E-state index contributed by atoms with van der Waals surface area (Å²) in [6, 6.07) is 13.2. The molecular weight excluding hydrogens is 352 g/mol. The standard InChI is InChI=1S/C17H14BrClO2/c1-10-4-3-5-11-8-15(21-16(10)11)17(2,20)13-7-6-12(18)9-14(13)19/h3-9,20H,1-2H3. The van der Waals surface area contributed by atoms with E-state index in [1.807, 2.05) is 37.3 Å². The maximum absolute atomic E-state index is 10.9. The molecule has 0 saturated carbocycles. The Kier molecular flexibility index (Phi) is 3.60. The molecule has 0 aliphatic rings. The van der Waals surface area contributed by atoms with Crippen LogP contribution in [0.15, 0.2) is 51.4 Å². The number of para-hydroxylation sites is 1. The van der Waals surface area contributed by atoms with Crippen LogP contribution in [0.2, 0.25) is 5.02 Å². The number of halogens is 2. The van der Waals surface area contributed by atoms with Gasteiger partial charge in [0, 0.05) is 20.4 Å². The lowest BCUT2D eigenvalue weighted by Gasteiger charge is -2.22. The minimum absolute atomic E-state index is 0.482. The third-order valence-corrected chi connectivity index (χ3v) is 4.48. The Balaban J connectivity index is 2.17. The lowest BCUT2D eigenvalue weighted by molar-refractivity contribution is 0.0787. The quantitative estimate of drug-likeness (QED) is 0.658. The van der Waals surface area contributed by atoms with Crippen LogP contribution < -0.4 is 0 Å². The van der Waals surface area contributed by atoms with Crippen LogP contribution in [0.1, 0.15) is 23.8 Å². The first-order chi connectivity index (χ1) is 9.89. The summed E-state index contributed by atoms with van der Waals surface area (Å²) in [6.07, 6.45) is 0. The van der Waals surface area contributed by atoms with Crippen molar-refractivity contribution in [2.75, 3.05) is 0 Å². The van der Waals surface area contributed by atoms with E-state index in [4.69, 9.17) is 16.0 Å². The first kappa shape index (κ1) is 14.6. The molecule has 108 valence electrons. The average Bonchev–Trinajstić information content (AvgIpc) is 2.84. The molecule has 1 N–H and O–H groups in total. The monoisotopic (exact) mass is 364 g/mol. The number of fused-ring (bicyclic) bond motifs is 1. The van der Waals surface area contributed by atoms with Gasteiger partial charge in [0.05, 0.1) is 0 Å². The van der Waals surface area contributed by atoms with Crippen LogP contribution in [0, 0.1) is 6.92 Å². The summed E-state index contributed by atoms with van der Waals surface area (Å²) < 4.78 is 6.75. The van der Waals surface area contributed by atoms with Crippen molar-refractivity contribution in [3.63, 3.8) is 0 Å². The smallest absolute Gasteiger partial charge is 0.146 e. The Morgan fingerprint density at radius 1 is 1.19 bits per heavy atom. The van der Waals surface area contributed by atoms with Crippen molar-refractivity contribution < 1.29 is 9.52 Å². The molecule has 3 aromatic rings. The minimum atomic E-state index is -1.29. The van der Waals surface area contributed by atoms with E-state index in [0.29, 0.717) is 16.3 Å². The molecule has 1 atom stereocenters. The summed E-state index contributed by atoms with van der Waals surface area (Å²) in [7, 11) is 0. The summed E-state index contributed by atoms with van der Waals surface area (Å²) in [4.78, 5) is 0. The zero-order valence-electron chi connectivity index (χ0n) is 11.7. The second-order valence-corrected chi connectivity index (χ2v) is 6.62. The molecule has 1 aromatic heterocycles. The molecule has 2 nitrogen and oxygen atoms in total. The van der Waals surface area contributed by atoms with Gasteiger partial charge in [-0.2, -0.15) is 0 Å². The highest BCUT2D eigenvalue weighted by molar-refractivity contribution is 9.10. The summed E-state index contributed by atoms with van der Waals surface area (Å²) in [5.74, 6) is 0.482. The molecule has 0 spiro atoms. The fourth-order valence-electron chi connectivity index (χ4n) is 2.47. The van der Waals surface area contributed by atoms with E-state index in [2.05, 4.69) is 15.9 Å². The highest BCUT2D eigenvalue weighted by Crippen LogP contribution is 2.38. The van der Waals surface area contributed by atoms with E-state index in [1.165, 1.54) is 0 Å². The molecule has 0 radical (unpaired) electrons. The number of aryl methyl sites for hydroxylation is 1. The van der Waals surface area contributed by atoms with Gasteiger partial charge in [0.25, 0.3) is 0 Å². The second-order valence-electron chi connectivity index (χ2n) is 5.30. The Labute approximate surface area is 136 Å². The van der Waals surface area contributed by atoms with Crippen molar-refractivity contribution in [1.29, 1.82) is 0 Å². The number of benzene rings is 2. The lowest BCUT2D eigenvalue weighted by Crippen LogP contribution is -2.22. The molecule has 4 heteroatoms. The first-order valence-electron chi connectivity index (χ1n) is 6.57. The van der Waals surface area contributed by atoms with Gasteiger partial charge in [0.2, 0.25) is 0 Å². The average molecular weight is 366 g/mol. The van der Waals surface area contributed by atoms with Crippen molar-refractivity contribution in [3.05, 3.63) is 68.8 Å². The van der Waals surface area contributed by atoms with E-state index in [0.717, 1.165) is 21.0 Å². The largest absolute Gasteiger partial charge is 0.457 e. The topological polar surface area (TPSA) is 33.4 Å². The van der Waals surface area contributed by atoms with Crippen molar-refractivity contribution in [2.24, 2.45) is 0 Å². The van der Waals surface area contributed by atoms with Crippen LogP contribution in [0.4, 0.5) is 0 Å². The third kappa shape index (κ3) is 2.50. The fourth-order valence-corrected chi connectivity index (χ4v) is 3.32. The van der Waals surface area contributed by atoms with Gasteiger partial charge < -0.3 is 9.52 Å². The van der Waals surface area contributed by atoms with E-state index in [-0.39, 0.29) is 0 Å². The maximum atomic E-state index is 10.9. The van der Waals surface area contributed by atoms with E-state index < -0.39 is 5.60 Å². The van der Waals surface area contributed by atoms with Gasteiger partial charge in [0.15, 0.2) is 0 Å². The molecule has 0 saturated heterocycles. The SMILES string of the molecule is Cc1cccc2cc(C(C)(O)c3ccc(Br)cc3Cl)oc12. The zero-order chi connectivity index (χ0) is 15.2. The molecule has 0 aliphatic heterocycles. The highest BCUT2D eigenvalue weighted by atomic mass is 79.9. The van der Waals surface area contributed by atoms with Crippen molar-refractivity contribution >= 4 is 38.5 Å². The number of rotatable bonds is 2. The highest BCUT2D eigenvalue weighted by Gasteiger charge is 2.32. The predicted octanol–water partition coefficient (Wildman–Crippen LogP) is 5.41. The van der Waals surface area contributed by atoms with Crippen LogP contribution in [0.5, 0.6) is 0 Å². The fraction of sp³-hybridized carbons (Fsp3) is 0.176. The minimum Gasteiger partial charge on any atom is -0.457 e. The lowest BCUT2D eigenvalue weighted by atomic mass is 9.93. The normalized spacial score (nSPS) is 14.3. The van der Waals surface area contributed by atoms with Crippen LogP contribution in [-0.2, 0) is 5.60 Å². The number of aliphatic hydroxyl groups is 1. The molecule has 1 unspecified atom stereocenters. The Morgan fingerprint density at radius 3 is 2.62 bits per heavy atom. The Hall–Kier alpha value is -1.29. The molecule has 21 heavy (non-hydrogen) atoms. The van der Waals surface area contributed by atoms with Crippen LogP contribution in [0.25, 0.3) is 11.0 Å². The van der Waals surface area contributed by atoms with Gasteiger partial charge in [-0.05, 0) is 37.6 Å². The molecule has 0 fully saturated rings. The van der Waals surface area contributed by atoms with Crippen molar-refractivity contribution in [2.45, 2.75) is 19.4 Å². The van der Waals surface area contributed by atoms with Crippen LogP contribution >= 0.6 is 27.5 Å². The van der Waals surface area contributed by atoms with Crippen molar-refractivity contribution in [1.82, 2.24) is 0 Å². The number of hydrogen-bond acceptors (Lipinski definition) is 2. The van der Waals surface area contributed by atoms with Crippen molar-refractivity contribution in [3.8, 4) is 0 Å². The Morgan fingerprint density at radius 2 is 1.95 bits per heavy atom. The Bertz CT molecular complexity index is 821. The molecule has 3 rings (SSSR count). The van der Waals surface area contributed by atoms with E-state index in [9.17, 15) is 5.11 Å². The number of hydrogen-bond donors (Lipinski definition) is 1. The molecular formula is C17H14BrClO2. The first-order valence-corrected chi connectivity index (χ1v) is 7.74. The van der Waals surface area contributed by atoms with Gasteiger partial charge in [-0.3, -0.25) is 0 Å². The molecule has 0 amide bonds. The van der Waals surface area contributed by atoms with Gasteiger partial charge in [0.1, 0.15) is 16.9 Å². The van der Waals surface area contributed by atoms with E-state index in [1.54, 1.807) is 19.1 Å². The molecule has 2 aromatic carbocycles. The summed E-state index contributed by atoms with van der Waals surface area (Å²) in [6.45, 7) is 3.67. The van der Waals surface area contributed by atoms with Gasteiger partial charge in [-0.25, -0.2) is 0 Å². The molecule has 0 bridgehead atoms. The molecule has 1 heterocycles. The van der Waals surface area contributed by atoms with Gasteiger partial charge in [-0.1, -0.05) is 51.8 Å². The summed E-state index contributed by atoms with van der Waals surface area (Å²) in [5, 5.41) is 12.4. The summed E-state index contributed by atoms with van der Waals surface area (Å²) in [5.41, 5.74) is 1.16.